The summed E-state index contributed by atoms with van der Waals surface area (Å²) in [6.07, 6.45) is 2.79. The van der Waals surface area contributed by atoms with Crippen LogP contribution in [0.15, 0.2) is 101 Å². The Morgan fingerprint density at radius 3 is 1.59 bits per heavy atom. The minimum absolute atomic E-state index is 0.105. The molecule has 0 aliphatic heterocycles. The summed E-state index contributed by atoms with van der Waals surface area (Å²) < 4.78 is 18.0. The molecule has 0 spiro atoms. The zero-order valence-corrected chi connectivity index (χ0v) is 27.3. The SMILES string of the molecule is CC(=O)OC(C)C/C=[C](/CO[Si](C)(C)C(C)(C)C)[Sn]([c]1ccccc1)([c]1ccccc1)[c]1ccccc1. The van der Waals surface area contributed by atoms with Crippen LogP contribution in [0.25, 0.3) is 0 Å². The van der Waals surface area contributed by atoms with Crippen LogP contribution in [-0.4, -0.2) is 45.4 Å². The molecule has 0 N–H and O–H groups in total. The summed E-state index contributed by atoms with van der Waals surface area (Å²) in [4.78, 5) is 11.7. The van der Waals surface area contributed by atoms with E-state index in [1.165, 1.54) is 21.3 Å². The minimum atomic E-state index is -3.79. The number of carbonyl (C=O) groups is 1. The first-order valence-corrected chi connectivity index (χ1v) is 21.8. The maximum absolute atomic E-state index is 11.7. The Labute approximate surface area is 228 Å². The molecule has 1 atom stereocenters. The molecule has 37 heavy (non-hydrogen) atoms. The third-order valence-electron chi connectivity index (χ3n) is 7.56. The fraction of sp³-hybridized carbons (Fsp3) is 0.344. The monoisotopic (exact) mass is 622 g/mol. The van der Waals surface area contributed by atoms with Crippen molar-refractivity contribution in [3.05, 3.63) is 101 Å². The van der Waals surface area contributed by atoms with Gasteiger partial charge in [-0.3, -0.25) is 0 Å². The first-order chi connectivity index (χ1) is 17.5. The number of ether oxygens (including phenoxy) is 1. The topological polar surface area (TPSA) is 35.5 Å². The Bertz CT molecular complexity index is 1070. The van der Waals surface area contributed by atoms with Gasteiger partial charge in [-0.2, -0.15) is 0 Å². The van der Waals surface area contributed by atoms with Gasteiger partial charge in [0.25, 0.3) is 0 Å². The van der Waals surface area contributed by atoms with Crippen molar-refractivity contribution in [2.24, 2.45) is 0 Å². The second-order valence-corrected chi connectivity index (χ2v) is 27.1. The van der Waals surface area contributed by atoms with Crippen molar-refractivity contribution < 1.29 is 14.0 Å². The van der Waals surface area contributed by atoms with Crippen LogP contribution in [-0.2, 0) is 14.0 Å². The standard InChI is InChI=1S/C14H27O3Si.3C6H5.Sn/c1-12(17-13(2)15)10-8-9-11-16-18(6,7)14(3,4)5;3*1-2-4-6-5-3-1;/h8,12H,10-11H2,1-7H3;3*1-5H;. The van der Waals surface area contributed by atoms with Crippen LogP contribution in [0.4, 0.5) is 0 Å². The molecular formula is C32H42O3SiSn. The third-order valence-corrected chi connectivity index (χ3v) is 26.1. The molecule has 1 unspecified atom stereocenters. The first kappa shape index (κ1) is 29.4. The predicted molar refractivity (Wildman–Crippen MR) is 161 cm³/mol. The molecule has 0 aliphatic rings. The average Bonchev–Trinajstić information content (AvgIpc) is 2.86. The normalized spacial score (nSPS) is 13.8. The van der Waals surface area contributed by atoms with Crippen LogP contribution < -0.4 is 10.7 Å². The van der Waals surface area contributed by atoms with Crippen molar-refractivity contribution >= 4 is 43.4 Å². The van der Waals surface area contributed by atoms with Gasteiger partial charge in [0.05, 0.1) is 0 Å². The molecule has 0 heterocycles. The van der Waals surface area contributed by atoms with Gasteiger partial charge >= 0.3 is 230 Å². The molecule has 0 saturated carbocycles. The van der Waals surface area contributed by atoms with Gasteiger partial charge in [0.15, 0.2) is 0 Å². The summed E-state index contributed by atoms with van der Waals surface area (Å²) in [5, 5.41) is 0.105. The summed E-state index contributed by atoms with van der Waals surface area (Å²) in [7, 11) is -2.02. The van der Waals surface area contributed by atoms with Crippen LogP contribution >= 0.6 is 0 Å². The summed E-state index contributed by atoms with van der Waals surface area (Å²) >= 11 is -3.79. The van der Waals surface area contributed by atoms with Crippen LogP contribution in [0, 0.1) is 0 Å². The van der Waals surface area contributed by atoms with E-state index < -0.39 is 26.7 Å². The van der Waals surface area contributed by atoms with E-state index in [9.17, 15) is 4.79 Å². The van der Waals surface area contributed by atoms with Crippen molar-refractivity contribution in [2.45, 2.75) is 65.3 Å². The van der Waals surface area contributed by atoms with Gasteiger partial charge in [0.1, 0.15) is 0 Å². The van der Waals surface area contributed by atoms with Crippen molar-refractivity contribution in [1.29, 1.82) is 0 Å². The Morgan fingerprint density at radius 2 is 1.24 bits per heavy atom. The third kappa shape index (κ3) is 7.04. The molecule has 0 fully saturated rings. The Hall–Kier alpha value is -2.15. The van der Waals surface area contributed by atoms with Crippen LogP contribution in [0.2, 0.25) is 18.1 Å². The fourth-order valence-electron chi connectivity index (χ4n) is 4.56. The summed E-state index contributed by atoms with van der Waals surface area (Å²) in [5.41, 5.74) is 0. The number of hydrogen-bond acceptors (Lipinski definition) is 3. The van der Waals surface area contributed by atoms with Crippen molar-refractivity contribution in [1.82, 2.24) is 0 Å². The molecule has 0 aliphatic carbocycles. The van der Waals surface area contributed by atoms with Crippen molar-refractivity contribution in [3.8, 4) is 0 Å². The number of carbonyl (C=O) groups excluding carboxylic acids is 1. The zero-order chi connectivity index (χ0) is 27.1. The molecule has 0 saturated heterocycles. The predicted octanol–water partition coefficient (Wildman–Crippen LogP) is 5.99. The Morgan fingerprint density at radius 1 is 0.838 bits per heavy atom. The second kappa shape index (κ2) is 12.6. The molecule has 196 valence electrons. The second-order valence-electron chi connectivity index (χ2n) is 11.3. The zero-order valence-electron chi connectivity index (χ0n) is 23.5. The molecule has 3 nitrogen and oxygen atoms in total. The van der Waals surface area contributed by atoms with Crippen LogP contribution in [0.3, 0.4) is 0 Å². The quantitative estimate of drug-likeness (QED) is 0.206. The molecule has 3 aromatic carbocycles. The van der Waals surface area contributed by atoms with E-state index in [0.717, 1.165) is 0 Å². The molecule has 3 aromatic rings. The Kier molecular flexibility index (Phi) is 10.0. The van der Waals surface area contributed by atoms with Crippen molar-refractivity contribution in [2.75, 3.05) is 6.61 Å². The molecule has 0 amide bonds. The van der Waals surface area contributed by atoms with E-state index in [0.29, 0.717) is 13.0 Å². The number of esters is 1. The van der Waals surface area contributed by atoms with Crippen LogP contribution in [0.1, 0.15) is 41.0 Å². The molecule has 0 bridgehead atoms. The fourth-order valence-corrected chi connectivity index (χ4v) is 19.9. The van der Waals surface area contributed by atoms with Gasteiger partial charge in [0.2, 0.25) is 0 Å². The summed E-state index contributed by atoms with van der Waals surface area (Å²) in [6, 6.07) is 33.0. The maximum atomic E-state index is 11.7. The van der Waals surface area contributed by atoms with E-state index in [1.807, 2.05) is 6.92 Å². The molecule has 5 heteroatoms. The number of rotatable bonds is 10. The average molecular weight is 621 g/mol. The van der Waals surface area contributed by atoms with Gasteiger partial charge in [-0.1, -0.05) is 0 Å². The summed E-state index contributed by atoms with van der Waals surface area (Å²) in [6.45, 7) is 15.5. The summed E-state index contributed by atoms with van der Waals surface area (Å²) in [5.74, 6) is -0.246. The van der Waals surface area contributed by atoms with Gasteiger partial charge in [-0.25, -0.2) is 0 Å². The molecular weight excluding hydrogens is 579 g/mol. The van der Waals surface area contributed by atoms with E-state index in [2.05, 4.69) is 131 Å². The Balaban J connectivity index is 2.30. The number of benzene rings is 3. The molecule has 0 aromatic heterocycles. The molecule has 3 rings (SSSR count). The van der Waals surface area contributed by atoms with E-state index in [-0.39, 0.29) is 17.1 Å². The van der Waals surface area contributed by atoms with E-state index in [4.69, 9.17) is 9.16 Å². The van der Waals surface area contributed by atoms with E-state index >= 15 is 0 Å². The molecule has 0 radical (unpaired) electrons. The first-order valence-electron chi connectivity index (χ1n) is 13.2. The number of hydrogen-bond donors (Lipinski definition) is 0. The van der Waals surface area contributed by atoms with Gasteiger partial charge in [-0.05, 0) is 0 Å². The van der Waals surface area contributed by atoms with Crippen LogP contribution in [0.5, 0.6) is 0 Å². The van der Waals surface area contributed by atoms with Gasteiger partial charge in [-0.15, -0.1) is 0 Å². The van der Waals surface area contributed by atoms with E-state index in [1.54, 1.807) is 0 Å². The van der Waals surface area contributed by atoms with Gasteiger partial charge < -0.3 is 0 Å². The van der Waals surface area contributed by atoms with Crippen molar-refractivity contribution in [3.63, 3.8) is 0 Å². The van der Waals surface area contributed by atoms with Gasteiger partial charge in [0, 0.05) is 0 Å².